The van der Waals surface area contributed by atoms with Crippen molar-refractivity contribution in [2.24, 2.45) is 0 Å². The second-order valence-corrected chi connectivity index (χ2v) is 3.36. The molecule has 76 valence electrons. The molecule has 0 unspecified atom stereocenters. The van der Waals surface area contributed by atoms with E-state index < -0.39 is 0 Å². The fourth-order valence-corrected chi connectivity index (χ4v) is 1.58. The van der Waals surface area contributed by atoms with Crippen molar-refractivity contribution in [3.63, 3.8) is 0 Å². The smallest absolute Gasteiger partial charge is 0.115 e. The van der Waals surface area contributed by atoms with E-state index in [1.54, 1.807) is 12.1 Å². The highest BCUT2D eigenvalue weighted by molar-refractivity contribution is 5.67. The number of phenols is 1. The van der Waals surface area contributed by atoms with E-state index >= 15 is 0 Å². The molecule has 0 aromatic heterocycles. The number of rotatable bonds is 2. The molecule has 0 fully saturated rings. The van der Waals surface area contributed by atoms with Gasteiger partial charge in [0, 0.05) is 0 Å². The maximum atomic E-state index is 9.18. The molecule has 0 saturated heterocycles. The van der Waals surface area contributed by atoms with E-state index in [2.05, 4.69) is 0 Å². The molecule has 2 rings (SSSR count). The molecular formula is C13H12O2. The van der Waals surface area contributed by atoms with Crippen LogP contribution in [0.1, 0.15) is 5.56 Å². The first-order valence-corrected chi connectivity index (χ1v) is 4.79. The predicted molar refractivity (Wildman–Crippen MR) is 59.5 cm³/mol. The van der Waals surface area contributed by atoms with E-state index in [9.17, 15) is 10.2 Å². The predicted octanol–water partition coefficient (Wildman–Crippen LogP) is 2.55. The summed E-state index contributed by atoms with van der Waals surface area (Å²) < 4.78 is 0. The van der Waals surface area contributed by atoms with E-state index in [-0.39, 0.29) is 12.4 Å². The quantitative estimate of drug-likeness (QED) is 0.782. The number of aliphatic hydroxyl groups excluding tert-OH is 1. The number of benzene rings is 2. The van der Waals surface area contributed by atoms with Gasteiger partial charge >= 0.3 is 0 Å². The van der Waals surface area contributed by atoms with Crippen LogP contribution in [-0.2, 0) is 6.61 Å². The molecule has 0 aliphatic heterocycles. The van der Waals surface area contributed by atoms with Crippen molar-refractivity contribution in [2.45, 2.75) is 6.61 Å². The van der Waals surface area contributed by atoms with E-state index in [0.29, 0.717) is 0 Å². The Morgan fingerprint density at radius 2 is 1.53 bits per heavy atom. The van der Waals surface area contributed by atoms with Crippen LogP contribution in [-0.4, -0.2) is 10.2 Å². The number of hydrogen-bond donors (Lipinski definition) is 2. The van der Waals surface area contributed by atoms with Gasteiger partial charge in [0.2, 0.25) is 0 Å². The van der Waals surface area contributed by atoms with E-state index in [1.807, 2.05) is 36.4 Å². The first-order chi connectivity index (χ1) is 7.31. The minimum Gasteiger partial charge on any atom is -0.508 e. The van der Waals surface area contributed by atoms with Crippen molar-refractivity contribution in [1.82, 2.24) is 0 Å². The lowest BCUT2D eigenvalue weighted by molar-refractivity contribution is 0.282. The molecule has 15 heavy (non-hydrogen) atoms. The van der Waals surface area contributed by atoms with Crippen molar-refractivity contribution in [3.05, 3.63) is 54.1 Å². The topological polar surface area (TPSA) is 40.5 Å². The largest absolute Gasteiger partial charge is 0.508 e. The molecule has 0 heterocycles. The third kappa shape index (κ3) is 2.00. The average Bonchev–Trinajstić information content (AvgIpc) is 2.30. The Balaban J connectivity index is 2.49. The van der Waals surface area contributed by atoms with Crippen molar-refractivity contribution < 1.29 is 10.2 Å². The summed E-state index contributed by atoms with van der Waals surface area (Å²) in [5.74, 6) is 0.250. The molecular weight excluding hydrogens is 188 g/mol. The summed E-state index contributed by atoms with van der Waals surface area (Å²) in [7, 11) is 0. The van der Waals surface area contributed by atoms with E-state index in [0.717, 1.165) is 16.7 Å². The van der Waals surface area contributed by atoms with E-state index in [1.165, 1.54) is 0 Å². The first-order valence-electron chi connectivity index (χ1n) is 4.79. The van der Waals surface area contributed by atoms with Crippen LogP contribution in [0.15, 0.2) is 48.5 Å². The molecule has 2 N–H and O–H groups in total. The second kappa shape index (κ2) is 4.15. The highest BCUT2D eigenvalue weighted by Crippen LogP contribution is 2.25. The Morgan fingerprint density at radius 1 is 0.867 bits per heavy atom. The summed E-state index contributed by atoms with van der Waals surface area (Å²) in [6.45, 7) is 0.0249. The third-order valence-corrected chi connectivity index (χ3v) is 2.37. The number of aliphatic hydroxyl groups is 1. The van der Waals surface area contributed by atoms with Crippen molar-refractivity contribution >= 4 is 0 Å². The van der Waals surface area contributed by atoms with Crippen LogP contribution in [0.25, 0.3) is 11.1 Å². The zero-order valence-corrected chi connectivity index (χ0v) is 8.22. The first kappa shape index (κ1) is 9.74. The van der Waals surface area contributed by atoms with Crippen LogP contribution < -0.4 is 0 Å². The highest BCUT2D eigenvalue weighted by atomic mass is 16.3. The normalized spacial score (nSPS) is 10.2. The SMILES string of the molecule is OCc1ccccc1-c1ccc(O)cc1. The van der Waals surface area contributed by atoms with Crippen LogP contribution in [0.5, 0.6) is 5.75 Å². The number of phenolic OH excluding ortho intramolecular Hbond substituents is 1. The molecule has 2 heteroatoms. The summed E-state index contributed by atoms with van der Waals surface area (Å²) in [6, 6.07) is 14.6. The molecule has 0 bridgehead atoms. The van der Waals surface area contributed by atoms with Gasteiger partial charge in [0.05, 0.1) is 6.61 Å². The fourth-order valence-electron chi connectivity index (χ4n) is 1.58. The standard InChI is InChI=1S/C13H12O2/c14-9-11-3-1-2-4-13(11)10-5-7-12(15)8-6-10/h1-8,14-15H,9H2. The molecule has 0 atom stereocenters. The van der Waals surface area contributed by atoms with Gasteiger partial charge in [0.1, 0.15) is 5.75 Å². The molecule has 2 nitrogen and oxygen atoms in total. The van der Waals surface area contributed by atoms with Gasteiger partial charge in [-0.3, -0.25) is 0 Å². The maximum Gasteiger partial charge on any atom is 0.115 e. The maximum absolute atomic E-state index is 9.18. The van der Waals surface area contributed by atoms with Crippen molar-refractivity contribution in [1.29, 1.82) is 0 Å². The molecule has 0 radical (unpaired) electrons. The molecule has 0 saturated carbocycles. The minimum absolute atomic E-state index is 0.0249. The Labute approximate surface area is 88.4 Å². The van der Waals surface area contributed by atoms with Crippen molar-refractivity contribution in [2.75, 3.05) is 0 Å². The lowest BCUT2D eigenvalue weighted by Crippen LogP contribution is -1.88. The van der Waals surface area contributed by atoms with Gasteiger partial charge in [-0.05, 0) is 28.8 Å². The molecule has 0 aliphatic carbocycles. The van der Waals surface area contributed by atoms with Crippen molar-refractivity contribution in [3.8, 4) is 16.9 Å². The Hall–Kier alpha value is -1.80. The number of hydrogen-bond acceptors (Lipinski definition) is 2. The Morgan fingerprint density at radius 3 is 2.20 bits per heavy atom. The van der Waals surface area contributed by atoms with E-state index in [4.69, 9.17) is 0 Å². The van der Waals surface area contributed by atoms with Crippen LogP contribution in [0.4, 0.5) is 0 Å². The molecule has 2 aromatic carbocycles. The van der Waals surface area contributed by atoms with Gasteiger partial charge in [-0.15, -0.1) is 0 Å². The third-order valence-electron chi connectivity index (χ3n) is 2.37. The zero-order valence-electron chi connectivity index (χ0n) is 8.22. The summed E-state index contributed by atoms with van der Waals surface area (Å²) in [6.07, 6.45) is 0. The second-order valence-electron chi connectivity index (χ2n) is 3.36. The number of aromatic hydroxyl groups is 1. The molecule has 0 aliphatic rings. The Bertz CT molecular complexity index is 446. The zero-order chi connectivity index (χ0) is 10.7. The Kier molecular flexibility index (Phi) is 2.70. The molecule has 0 amide bonds. The van der Waals surface area contributed by atoms with Crippen LogP contribution >= 0.6 is 0 Å². The van der Waals surface area contributed by atoms with Crippen LogP contribution in [0.2, 0.25) is 0 Å². The lowest BCUT2D eigenvalue weighted by Gasteiger charge is -2.06. The van der Waals surface area contributed by atoms with Crippen LogP contribution in [0, 0.1) is 0 Å². The van der Waals surface area contributed by atoms with Crippen LogP contribution in [0.3, 0.4) is 0 Å². The van der Waals surface area contributed by atoms with Gasteiger partial charge < -0.3 is 10.2 Å². The van der Waals surface area contributed by atoms with Gasteiger partial charge in [-0.25, -0.2) is 0 Å². The lowest BCUT2D eigenvalue weighted by atomic mass is 10.0. The summed E-state index contributed by atoms with van der Waals surface area (Å²) in [4.78, 5) is 0. The molecule has 0 spiro atoms. The summed E-state index contributed by atoms with van der Waals surface area (Å²) in [5.41, 5.74) is 2.89. The van der Waals surface area contributed by atoms with Gasteiger partial charge in [0.25, 0.3) is 0 Å². The fraction of sp³-hybridized carbons (Fsp3) is 0.0769. The van der Waals surface area contributed by atoms with Gasteiger partial charge in [0.15, 0.2) is 0 Å². The molecule has 2 aromatic rings. The minimum atomic E-state index is 0.0249. The summed E-state index contributed by atoms with van der Waals surface area (Å²) in [5, 5.41) is 18.4. The highest BCUT2D eigenvalue weighted by Gasteiger charge is 2.02. The summed E-state index contributed by atoms with van der Waals surface area (Å²) >= 11 is 0. The van der Waals surface area contributed by atoms with Gasteiger partial charge in [-0.1, -0.05) is 36.4 Å². The monoisotopic (exact) mass is 200 g/mol. The van der Waals surface area contributed by atoms with Gasteiger partial charge in [-0.2, -0.15) is 0 Å². The average molecular weight is 200 g/mol.